The fraction of sp³-hybridized carbons (Fsp3) is 0.433. The van der Waals surface area contributed by atoms with Gasteiger partial charge in [0.25, 0.3) is 5.91 Å². The molecule has 37 heavy (non-hydrogen) atoms. The molecule has 3 aromatic rings. The van der Waals surface area contributed by atoms with E-state index in [0.29, 0.717) is 12.1 Å². The highest BCUT2D eigenvalue weighted by Gasteiger charge is 2.40. The van der Waals surface area contributed by atoms with E-state index in [1.807, 2.05) is 42.5 Å². The molecular formula is C30H34F2N2O3. The number of nitrogens with zero attached hydrogens (tertiary/aromatic N) is 1. The maximum Gasteiger partial charge on any atom is 0.324 e. The lowest BCUT2D eigenvalue weighted by Crippen LogP contribution is -2.51. The summed E-state index contributed by atoms with van der Waals surface area (Å²) in [6.07, 6.45) is 2.75. The standard InChI is InChI=1S/C30H34F2N2O3/c31-30(32,16-15-21-7-8-22-5-1-2-6-24(22)19-21)29(36)33-27(20-34-17-3-4-18-34)28(35)23-9-11-25(12-10-23)37-26-13-14-26/h1-2,5-12,19,26-28,35H,3-4,13-18,20H2,(H,33,36)/t27-,28-/m1/s1. The molecule has 2 fully saturated rings. The third-order valence-corrected chi connectivity index (χ3v) is 7.27. The summed E-state index contributed by atoms with van der Waals surface area (Å²) in [5, 5.41) is 15.6. The van der Waals surface area contributed by atoms with Gasteiger partial charge in [-0.05, 0) is 79.2 Å². The number of likely N-dealkylation sites (tertiary alicyclic amines) is 1. The molecule has 1 amide bonds. The molecule has 1 saturated heterocycles. The van der Waals surface area contributed by atoms with Crippen molar-refractivity contribution in [1.29, 1.82) is 0 Å². The van der Waals surface area contributed by atoms with E-state index in [1.165, 1.54) is 0 Å². The molecule has 2 N–H and O–H groups in total. The van der Waals surface area contributed by atoms with Crippen LogP contribution in [0.2, 0.25) is 0 Å². The molecular weight excluding hydrogens is 474 g/mol. The Hall–Kier alpha value is -3.03. The first-order valence-corrected chi connectivity index (χ1v) is 13.2. The fourth-order valence-electron chi connectivity index (χ4n) is 4.91. The van der Waals surface area contributed by atoms with Crippen molar-refractivity contribution in [3.05, 3.63) is 77.9 Å². The molecule has 3 aromatic carbocycles. The van der Waals surface area contributed by atoms with E-state index in [9.17, 15) is 9.90 Å². The van der Waals surface area contributed by atoms with Gasteiger partial charge in [-0.3, -0.25) is 4.79 Å². The van der Waals surface area contributed by atoms with E-state index in [0.717, 1.165) is 60.9 Å². The minimum atomic E-state index is -3.56. The van der Waals surface area contributed by atoms with Crippen molar-refractivity contribution in [3.8, 4) is 5.75 Å². The SMILES string of the molecule is O=C(N[C@H](CN1CCCC1)[C@H](O)c1ccc(OC2CC2)cc1)C(F)(F)CCc1ccc2ccccc2c1. The molecule has 1 aliphatic carbocycles. The minimum Gasteiger partial charge on any atom is -0.490 e. The van der Waals surface area contributed by atoms with Gasteiger partial charge in [0.15, 0.2) is 0 Å². The number of halogens is 2. The monoisotopic (exact) mass is 508 g/mol. The number of amides is 1. The zero-order valence-corrected chi connectivity index (χ0v) is 20.9. The van der Waals surface area contributed by atoms with Crippen molar-refractivity contribution in [2.24, 2.45) is 0 Å². The molecule has 0 aromatic heterocycles. The number of alkyl halides is 2. The van der Waals surface area contributed by atoms with Crippen molar-refractivity contribution in [3.63, 3.8) is 0 Å². The highest BCUT2D eigenvalue weighted by Crippen LogP contribution is 2.29. The Labute approximate surface area is 216 Å². The maximum atomic E-state index is 15.0. The van der Waals surface area contributed by atoms with Crippen LogP contribution in [0.5, 0.6) is 5.75 Å². The van der Waals surface area contributed by atoms with Crippen molar-refractivity contribution in [2.45, 2.75) is 62.7 Å². The largest absolute Gasteiger partial charge is 0.490 e. The van der Waals surface area contributed by atoms with E-state index in [-0.39, 0.29) is 12.5 Å². The van der Waals surface area contributed by atoms with Gasteiger partial charge in [-0.1, -0.05) is 54.6 Å². The number of ether oxygens (including phenoxy) is 1. The summed E-state index contributed by atoms with van der Waals surface area (Å²) in [5.74, 6) is -4.18. The molecule has 1 aliphatic heterocycles. The van der Waals surface area contributed by atoms with Crippen LogP contribution < -0.4 is 10.1 Å². The number of carbonyl (C=O) groups is 1. The van der Waals surface area contributed by atoms with E-state index >= 15 is 8.78 Å². The van der Waals surface area contributed by atoms with Crippen LogP contribution in [0.1, 0.15) is 49.3 Å². The first kappa shape index (κ1) is 25.6. The summed E-state index contributed by atoms with van der Waals surface area (Å²) < 4.78 is 35.8. The van der Waals surface area contributed by atoms with Gasteiger partial charge in [-0.2, -0.15) is 8.78 Å². The van der Waals surface area contributed by atoms with Crippen LogP contribution >= 0.6 is 0 Å². The molecule has 1 heterocycles. The van der Waals surface area contributed by atoms with Gasteiger partial charge in [0, 0.05) is 13.0 Å². The average Bonchev–Trinajstić information content (AvgIpc) is 3.57. The van der Waals surface area contributed by atoms with Crippen molar-refractivity contribution < 1.29 is 23.4 Å². The Morgan fingerprint density at radius 3 is 2.43 bits per heavy atom. The lowest BCUT2D eigenvalue weighted by molar-refractivity contribution is -0.148. The van der Waals surface area contributed by atoms with E-state index in [1.54, 1.807) is 24.3 Å². The molecule has 5 rings (SSSR count). The summed E-state index contributed by atoms with van der Waals surface area (Å²) in [7, 11) is 0. The van der Waals surface area contributed by atoms with Crippen LogP contribution in [0.15, 0.2) is 66.7 Å². The number of aliphatic hydroxyl groups is 1. The fourth-order valence-corrected chi connectivity index (χ4v) is 4.91. The number of fused-ring (bicyclic) bond motifs is 1. The molecule has 0 unspecified atom stereocenters. The van der Waals surface area contributed by atoms with Crippen LogP contribution in [-0.4, -0.2) is 53.6 Å². The predicted molar refractivity (Wildman–Crippen MR) is 140 cm³/mol. The molecule has 196 valence electrons. The predicted octanol–water partition coefficient (Wildman–Crippen LogP) is 5.26. The quantitative estimate of drug-likeness (QED) is 0.371. The zero-order valence-electron chi connectivity index (χ0n) is 20.9. The smallest absolute Gasteiger partial charge is 0.324 e. The number of hydrogen-bond acceptors (Lipinski definition) is 4. The van der Waals surface area contributed by atoms with Crippen LogP contribution in [0.25, 0.3) is 10.8 Å². The molecule has 1 saturated carbocycles. The summed E-state index contributed by atoms with van der Waals surface area (Å²) in [4.78, 5) is 14.9. The minimum absolute atomic E-state index is 0.0764. The summed E-state index contributed by atoms with van der Waals surface area (Å²) in [6.45, 7) is 1.96. The number of aryl methyl sites for hydroxylation is 1. The van der Waals surface area contributed by atoms with Gasteiger partial charge < -0.3 is 20.1 Å². The molecule has 2 aliphatic rings. The number of benzene rings is 3. The van der Waals surface area contributed by atoms with Gasteiger partial charge >= 0.3 is 5.92 Å². The molecule has 7 heteroatoms. The van der Waals surface area contributed by atoms with Gasteiger partial charge in [-0.25, -0.2) is 0 Å². The van der Waals surface area contributed by atoms with Crippen molar-refractivity contribution >= 4 is 16.7 Å². The number of nitrogens with one attached hydrogen (secondary N) is 1. The van der Waals surface area contributed by atoms with Gasteiger partial charge in [0.05, 0.1) is 12.1 Å². The maximum absolute atomic E-state index is 15.0. The van der Waals surface area contributed by atoms with Gasteiger partial charge in [0.2, 0.25) is 0 Å². The lowest BCUT2D eigenvalue weighted by atomic mass is 9.99. The van der Waals surface area contributed by atoms with E-state index < -0.39 is 30.4 Å². The van der Waals surface area contributed by atoms with E-state index in [2.05, 4.69) is 10.2 Å². The van der Waals surface area contributed by atoms with Crippen LogP contribution in [0, 0.1) is 0 Å². The summed E-state index contributed by atoms with van der Waals surface area (Å²) in [6, 6.07) is 19.6. The Balaban J connectivity index is 1.24. The summed E-state index contributed by atoms with van der Waals surface area (Å²) >= 11 is 0. The number of rotatable bonds is 11. The number of aliphatic hydroxyl groups excluding tert-OH is 1. The second kappa shape index (κ2) is 11.2. The van der Waals surface area contributed by atoms with Crippen molar-refractivity contribution in [2.75, 3.05) is 19.6 Å². The highest BCUT2D eigenvalue weighted by molar-refractivity contribution is 5.84. The highest BCUT2D eigenvalue weighted by atomic mass is 19.3. The zero-order chi connectivity index (χ0) is 25.8. The Kier molecular flexibility index (Phi) is 7.72. The second-order valence-corrected chi connectivity index (χ2v) is 10.3. The molecule has 2 atom stereocenters. The molecule has 0 bridgehead atoms. The number of carbonyl (C=O) groups excluding carboxylic acids is 1. The van der Waals surface area contributed by atoms with Gasteiger partial charge in [0.1, 0.15) is 11.9 Å². The Morgan fingerprint density at radius 2 is 1.73 bits per heavy atom. The molecule has 0 radical (unpaired) electrons. The third-order valence-electron chi connectivity index (χ3n) is 7.27. The number of hydrogen-bond donors (Lipinski definition) is 2. The molecule has 0 spiro atoms. The van der Waals surface area contributed by atoms with E-state index in [4.69, 9.17) is 4.74 Å². The first-order chi connectivity index (χ1) is 17.9. The molecule has 5 nitrogen and oxygen atoms in total. The topological polar surface area (TPSA) is 61.8 Å². The third kappa shape index (κ3) is 6.65. The van der Waals surface area contributed by atoms with Crippen LogP contribution in [0.4, 0.5) is 8.78 Å². The lowest BCUT2D eigenvalue weighted by Gasteiger charge is -2.30. The summed E-state index contributed by atoms with van der Waals surface area (Å²) in [5.41, 5.74) is 1.32. The first-order valence-electron chi connectivity index (χ1n) is 13.2. The van der Waals surface area contributed by atoms with Crippen LogP contribution in [0.3, 0.4) is 0 Å². The van der Waals surface area contributed by atoms with Crippen molar-refractivity contribution in [1.82, 2.24) is 10.2 Å². The van der Waals surface area contributed by atoms with Gasteiger partial charge in [-0.15, -0.1) is 0 Å². The Bertz CT molecular complexity index is 1210. The average molecular weight is 509 g/mol. The Morgan fingerprint density at radius 1 is 1.03 bits per heavy atom. The van der Waals surface area contributed by atoms with Crippen LogP contribution in [-0.2, 0) is 11.2 Å². The second-order valence-electron chi connectivity index (χ2n) is 10.3. The normalized spacial score (nSPS) is 18.0.